The summed E-state index contributed by atoms with van der Waals surface area (Å²) < 4.78 is 32.9. The zero-order valence-corrected chi connectivity index (χ0v) is 15.6. The van der Waals surface area contributed by atoms with E-state index in [2.05, 4.69) is 10.0 Å². The number of hydrogen-bond acceptors (Lipinski definition) is 4. The summed E-state index contributed by atoms with van der Waals surface area (Å²) in [7, 11) is -3.74. The largest absolute Gasteiger partial charge is 0.467 e. The number of benzene rings is 2. The van der Waals surface area contributed by atoms with E-state index in [0.29, 0.717) is 5.76 Å². The third-order valence-corrected chi connectivity index (χ3v) is 5.52. The van der Waals surface area contributed by atoms with Crippen LogP contribution in [0.25, 0.3) is 0 Å². The fraction of sp³-hybridized carbons (Fsp3) is 0.150. The third-order valence-electron chi connectivity index (χ3n) is 4.12. The summed E-state index contributed by atoms with van der Waals surface area (Å²) in [6.45, 7) is 2.34. The maximum atomic E-state index is 12.6. The van der Waals surface area contributed by atoms with Crippen LogP contribution in [-0.4, -0.2) is 14.3 Å². The van der Waals surface area contributed by atoms with Gasteiger partial charge in [-0.05, 0) is 48.4 Å². The van der Waals surface area contributed by atoms with Crippen LogP contribution in [0.1, 0.15) is 27.2 Å². The molecule has 2 aromatic carbocycles. The molecule has 3 rings (SSSR count). The lowest BCUT2D eigenvalue weighted by atomic mass is 10.1. The Labute approximate surface area is 158 Å². The quantitative estimate of drug-likeness (QED) is 0.655. The standard InChI is InChI=1S/C20H20N2O4S/c1-15-6-2-3-7-17(15)13-22-27(24,25)19-10-4-8-16(12-19)20(23)21-14-18-9-5-11-26-18/h2-12,22H,13-14H2,1H3,(H,21,23). The van der Waals surface area contributed by atoms with Gasteiger partial charge in [0.05, 0.1) is 17.7 Å². The van der Waals surface area contributed by atoms with E-state index in [4.69, 9.17) is 4.42 Å². The summed E-state index contributed by atoms with van der Waals surface area (Å²) >= 11 is 0. The van der Waals surface area contributed by atoms with Gasteiger partial charge in [-0.2, -0.15) is 0 Å². The first-order valence-electron chi connectivity index (χ1n) is 8.40. The molecule has 0 fully saturated rings. The predicted octanol–water partition coefficient (Wildman–Crippen LogP) is 3.00. The van der Waals surface area contributed by atoms with Gasteiger partial charge in [0.1, 0.15) is 5.76 Å². The molecular weight excluding hydrogens is 364 g/mol. The second-order valence-corrected chi connectivity index (χ2v) is 7.81. The Hall–Kier alpha value is -2.90. The first-order chi connectivity index (χ1) is 13.0. The number of rotatable bonds is 7. The number of aryl methyl sites for hydroxylation is 1. The molecule has 1 heterocycles. The molecule has 0 radical (unpaired) electrons. The average molecular weight is 384 g/mol. The highest BCUT2D eigenvalue weighted by Crippen LogP contribution is 2.14. The first-order valence-corrected chi connectivity index (χ1v) is 9.89. The van der Waals surface area contributed by atoms with Crippen molar-refractivity contribution in [1.82, 2.24) is 10.0 Å². The van der Waals surface area contributed by atoms with Crippen molar-refractivity contribution in [2.45, 2.75) is 24.9 Å². The van der Waals surface area contributed by atoms with Crippen molar-refractivity contribution < 1.29 is 17.6 Å². The molecule has 0 saturated carbocycles. The maximum Gasteiger partial charge on any atom is 0.251 e. The van der Waals surface area contributed by atoms with Crippen LogP contribution in [0.4, 0.5) is 0 Å². The van der Waals surface area contributed by atoms with Gasteiger partial charge in [0.2, 0.25) is 10.0 Å². The van der Waals surface area contributed by atoms with E-state index in [9.17, 15) is 13.2 Å². The van der Waals surface area contributed by atoms with E-state index in [1.807, 2.05) is 31.2 Å². The topological polar surface area (TPSA) is 88.4 Å². The fourth-order valence-corrected chi connectivity index (χ4v) is 3.60. The van der Waals surface area contributed by atoms with Crippen LogP contribution in [0.15, 0.2) is 76.2 Å². The molecule has 0 aliphatic heterocycles. The number of carbonyl (C=O) groups excluding carboxylic acids is 1. The highest BCUT2D eigenvalue weighted by molar-refractivity contribution is 7.89. The molecule has 0 spiro atoms. The lowest BCUT2D eigenvalue weighted by Gasteiger charge is -2.10. The van der Waals surface area contributed by atoms with Crippen LogP contribution in [-0.2, 0) is 23.1 Å². The Balaban J connectivity index is 1.69. The van der Waals surface area contributed by atoms with E-state index in [1.54, 1.807) is 24.3 Å². The van der Waals surface area contributed by atoms with Gasteiger partial charge in [0.25, 0.3) is 5.91 Å². The monoisotopic (exact) mass is 384 g/mol. The molecule has 2 N–H and O–H groups in total. The van der Waals surface area contributed by atoms with Crippen molar-refractivity contribution in [3.63, 3.8) is 0 Å². The minimum absolute atomic E-state index is 0.0433. The molecule has 0 aliphatic rings. The molecule has 1 amide bonds. The van der Waals surface area contributed by atoms with Crippen LogP contribution in [0, 0.1) is 6.92 Å². The van der Waals surface area contributed by atoms with E-state index >= 15 is 0 Å². The normalized spacial score (nSPS) is 11.3. The zero-order valence-electron chi connectivity index (χ0n) is 14.8. The van der Waals surface area contributed by atoms with Gasteiger partial charge in [0.15, 0.2) is 0 Å². The van der Waals surface area contributed by atoms with Crippen molar-refractivity contribution in [3.05, 3.63) is 89.4 Å². The molecule has 3 aromatic rings. The van der Waals surface area contributed by atoms with E-state index < -0.39 is 10.0 Å². The molecule has 27 heavy (non-hydrogen) atoms. The van der Waals surface area contributed by atoms with Gasteiger partial charge in [-0.1, -0.05) is 30.3 Å². The minimum Gasteiger partial charge on any atom is -0.467 e. The van der Waals surface area contributed by atoms with Crippen molar-refractivity contribution in [1.29, 1.82) is 0 Å². The summed E-state index contributed by atoms with van der Waals surface area (Å²) in [5, 5.41) is 2.70. The smallest absolute Gasteiger partial charge is 0.251 e. The minimum atomic E-state index is -3.74. The number of carbonyl (C=O) groups is 1. The lowest BCUT2D eigenvalue weighted by molar-refractivity contribution is 0.0948. The van der Waals surface area contributed by atoms with Gasteiger partial charge < -0.3 is 9.73 Å². The van der Waals surface area contributed by atoms with Gasteiger partial charge >= 0.3 is 0 Å². The predicted molar refractivity (Wildman–Crippen MR) is 102 cm³/mol. The number of hydrogen-bond donors (Lipinski definition) is 2. The van der Waals surface area contributed by atoms with Crippen LogP contribution in [0.2, 0.25) is 0 Å². The summed E-state index contributed by atoms with van der Waals surface area (Å²) in [6.07, 6.45) is 1.52. The van der Waals surface area contributed by atoms with Crippen molar-refractivity contribution in [2.24, 2.45) is 0 Å². The van der Waals surface area contributed by atoms with E-state index in [0.717, 1.165) is 11.1 Å². The van der Waals surface area contributed by atoms with Crippen LogP contribution in [0.3, 0.4) is 0 Å². The number of sulfonamides is 1. The van der Waals surface area contributed by atoms with E-state index in [1.165, 1.54) is 18.4 Å². The molecule has 0 saturated heterocycles. The van der Waals surface area contributed by atoms with Gasteiger partial charge in [-0.15, -0.1) is 0 Å². The van der Waals surface area contributed by atoms with Gasteiger partial charge in [-0.25, -0.2) is 13.1 Å². The second kappa shape index (κ2) is 8.20. The third kappa shape index (κ3) is 4.84. The lowest BCUT2D eigenvalue weighted by Crippen LogP contribution is -2.25. The van der Waals surface area contributed by atoms with Gasteiger partial charge in [0, 0.05) is 12.1 Å². The Morgan fingerprint density at radius 1 is 1.00 bits per heavy atom. The highest BCUT2D eigenvalue weighted by atomic mass is 32.2. The molecule has 140 valence electrons. The first kappa shape index (κ1) is 18.9. The summed E-state index contributed by atoms with van der Waals surface area (Å²) in [4.78, 5) is 12.3. The molecule has 6 nitrogen and oxygen atoms in total. The maximum absolute atomic E-state index is 12.6. The van der Waals surface area contributed by atoms with Crippen molar-refractivity contribution in [3.8, 4) is 0 Å². The number of furan rings is 1. The average Bonchev–Trinajstić information content (AvgIpc) is 3.19. The van der Waals surface area contributed by atoms with E-state index in [-0.39, 0.29) is 29.5 Å². The Morgan fingerprint density at radius 3 is 2.56 bits per heavy atom. The SMILES string of the molecule is Cc1ccccc1CNS(=O)(=O)c1cccc(C(=O)NCc2ccco2)c1. The highest BCUT2D eigenvalue weighted by Gasteiger charge is 2.16. The number of amides is 1. The fourth-order valence-electron chi connectivity index (χ4n) is 2.55. The summed E-state index contributed by atoms with van der Waals surface area (Å²) in [5.74, 6) is 0.245. The molecule has 0 atom stereocenters. The molecule has 1 aromatic heterocycles. The number of nitrogens with one attached hydrogen (secondary N) is 2. The summed E-state index contributed by atoms with van der Waals surface area (Å²) in [5.41, 5.74) is 2.17. The molecule has 0 unspecified atom stereocenters. The second-order valence-electron chi connectivity index (χ2n) is 6.04. The van der Waals surface area contributed by atoms with Crippen LogP contribution in [0.5, 0.6) is 0 Å². The van der Waals surface area contributed by atoms with Crippen LogP contribution < -0.4 is 10.0 Å². The molecule has 0 aliphatic carbocycles. The molecular formula is C20H20N2O4S. The van der Waals surface area contributed by atoms with Crippen LogP contribution >= 0.6 is 0 Å². The van der Waals surface area contributed by atoms with Crippen molar-refractivity contribution >= 4 is 15.9 Å². The van der Waals surface area contributed by atoms with Crippen molar-refractivity contribution in [2.75, 3.05) is 0 Å². The zero-order chi connectivity index (χ0) is 19.3. The van der Waals surface area contributed by atoms with Gasteiger partial charge in [-0.3, -0.25) is 4.79 Å². The summed E-state index contributed by atoms with van der Waals surface area (Å²) in [6, 6.07) is 17.0. The Bertz CT molecular complexity index is 1030. The Kier molecular flexibility index (Phi) is 5.73. The Morgan fingerprint density at radius 2 is 1.81 bits per heavy atom. The molecule has 0 bridgehead atoms. The molecule has 7 heteroatoms.